The lowest BCUT2D eigenvalue weighted by molar-refractivity contribution is -0.385. The molecule has 0 spiro atoms. The van der Waals surface area contributed by atoms with Gasteiger partial charge in [0.15, 0.2) is 0 Å². The fraction of sp³-hybridized carbons (Fsp3) is 0.250. The highest BCUT2D eigenvalue weighted by atomic mass is 35.5. The largest absolute Gasteiger partial charge is 0.292 e. The van der Waals surface area contributed by atoms with E-state index in [1.54, 1.807) is 13.0 Å². The number of benzene rings is 1. The van der Waals surface area contributed by atoms with Gasteiger partial charge in [-0.1, -0.05) is 30.1 Å². The zero-order valence-electron chi connectivity index (χ0n) is 6.88. The molecule has 0 heterocycles. The van der Waals surface area contributed by atoms with E-state index in [2.05, 4.69) is 0 Å². The second kappa shape index (κ2) is 3.94. The maximum absolute atomic E-state index is 10.6. The first-order valence-electron chi connectivity index (χ1n) is 3.69. The SMILES string of the molecule is CCc1c(Cl)ccc(Cl)c1[N+](=O)[O-]. The molecule has 70 valence electrons. The van der Waals surface area contributed by atoms with Gasteiger partial charge >= 0.3 is 0 Å². The van der Waals surface area contributed by atoms with Crippen molar-refractivity contribution in [2.24, 2.45) is 0 Å². The van der Waals surface area contributed by atoms with Gasteiger partial charge in [0.05, 0.1) is 9.95 Å². The van der Waals surface area contributed by atoms with E-state index >= 15 is 0 Å². The zero-order valence-corrected chi connectivity index (χ0v) is 8.39. The summed E-state index contributed by atoms with van der Waals surface area (Å²) in [5.41, 5.74) is 0.399. The molecule has 3 nitrogen and oxygen atoms in total. The van der Waals surface area contributed by atoms with Crippen LogP contribution in [0.4, 0.5) is 5.69 Å². The van der Waals surface area contributed by atoms with Gasteiger partial charge in [-0.25, -0.2) is 0 Å². The van der Waals surface area contributed by atoms with Crippen molar-refractivity contribution in [1.82, 2.24) is 0 Å². The Balaban J connectivity index is 3.43. The van der Waals surface area contributed by atoms with Gasteiger partial charge in [-0.05, 0) is 18.6 Å². The molecule has 13 heavy (non-hydrogen) atoms. The number of halogens is 2. The minimum Gasteiger partial charge on any atom is -0.258 e. The minimum absolute atomic E-state index is 0.0864. The maximum atomic E-state index is 10.6. The molecule has 1 rings (SSSR count). The van der Waals surface area contributed by atoms with E-state index in [0.717, 1.165) is 0 Å². The summed E-state index contributed by atoms with van der Waals surface area (Å²) in [5, 5.41) is 11.1. The van der Waals surface area contributed by atoms with Crippen LogP contribution in [-0.4, -0.2) is 4.92 Å². The summed E-state index contributed by atoms with van der Waals surface area (Å²) in [4.78, 5) is 10.1. The van der Waals surface area contributed by atoms with E-state index in [9.17, 15) is 10.1 Å². The standard InChI is InChI=1S/C8H7Cl2NO2/c1-2-5-6(9)3-4-7(10)8(5)11(12)13/h3-4H,2H2,1H3. The van der Waals surface area contributed by atoms with E-state index in [1.807, 2.05) is 0 Å². The molecule has 0 aliphatic rings. The predicted octanol–water partition coefficient (Wildman–Crippen LogP) is 3.46. The van der Waals surface area contributed by atoms with Gasteiger partial charge in [-0.2, -0.15) is 0 Å². The number of hydrogen-bond acceptors (Lipinski definition) is 2. The van der Waals surface area contributed by atoms with E-state index < -0.39 is 4.92 Å². The molecule has 0 radical (unpaired) electrons. The summed E-state index contributed by atoms with van der Waals surface area (Å²) in [7, 11) is 0. The minimum atomic E-state index is -0.507. The zero-order chi connectivity index (χ0) is 10.0. The lowest BCUT2D eigenvalue weighted by atomic mass is 10.1. The number of nitro benzene ring substituents is 1. The molecule has 0 N–H and O–H groups in total. The molecule has 0 fully saturated rings. The number of nitro groups is 1. The average Bonchev–Trinajstić information content (AvgIpc) is 2.07. The van der Waals surface area contributed by atoms with Crippen LogP contribution in [0.2, 0.25) is 10.0 Å². The summed E-state index contributed by atoms with van der Waals surface area (Å²) in [6.07, 6.45) is 0.496. The van der Waals surface area contributed by atoms with E-state index in [0.29, 0.717) is 17.0 Å². The average molecular weight is 220 g/mol. The summed E-state index contributed by atoms with van der Waals surface area (Å²) in [6, 6.07) is 3.00. The van der Waals surface area contributed by atoms with Crippen molar-refractivity contribution in [2.45, 2.75) is 13.3 Å². The van der Waals surface area contributed by atoms with Crippen molar-refractivity contribution in [1.29, 1.82) is 0 Å². The Morgan fingerprint density at radius 3 is 2.31 bits per heavy atom. The highest BCUT2D eigenvalue weighted by Crippen LogP contribution is 2.33. The molecule has 0 atom stereocenters. The lowest BCUT2D eigenvalue weighted by Crippen LogP contribution is -1.96. The lowest BCUT2D eigenvalue weighted by Gasteiger charge is -2.03. The molecule has 0 unspecified atom stereocenters. The van der Waals surface area contributed by atoms with Gasteiger partial charge in [-0.3, -0.25) is 10.1 Å². The van der Waals surface area contributed by atoms with Crippen LogP contribution < -0.4 is 0 Å². The molecular weight excluding hydrogens is 213 g/mol. The fourth-order valence-corrected chi connectivity index (χ4v) is 1.65. The Morgan fingerprint density at radius 2 is 1.92 bits per heavy atom. The normalized spacial score (nSPS) is 10.1. The van der Waals surface area contributed by atoms with Crippen LogP contribution in [-0.2, 0) is 6.42 Å². The Kier molecular flexibility index (Phi) is 3.12. The molecule has 0 saturated carbocycles. The van der Waals surface area contributed by atoms with Crippen LogP contribution in [0.15, 0.2) is 12.1 Å². The third-order valence-corrected chi connectivity index (χ3v) is 2.37. The molecular formula is C8H7Cl2NO2. The van der Waals surface area contributed by atoms with Crippen molar-refractivity contribution in [2.75, 3.05) is 0 Å². The summed E-state index contributed by atoms with van der Waals surface area (Å²) < 4.78 is 0. The van der Waals surface area contributed by atoms with Gasteiger partial charge < -0.3 is 0 Å². The second-order valence-electron chi connectivity index (χ2n) is 2.47. The highest BCUT2D eigenvalue weighted by Gasteiger charge is 2.19. The quantitative estimate of drug-likeness (QED) is 0.565. The molecule has 0 amide bonds. The Bertz CT molecular complexity index is 352. The van der Waals surface area contributed by atoms with Gasteiger partial charge in [0.2, 0.25) is 0 Å². The number of hydrogen-bond donors (Lipinski definition) is 0. The maximum Gasteiger partial charge on any atom is 0.292 e. The summed E-state index contributed by atoms with van der Waals surface area (Å²) in [5.74, 6) is 0. The van der Waals surface area contributed by atoms with E-state index in [-0.39, 0.29) is 10.7 Å². The highest BCUT2D eigenvalue weighted by molar-refractivity contribution is 6.35. The topological polar surface area (TPSA) is 43.1 Å². The third kappa shape index (κ3) is 1.92. The molecule has 1 aromatic carbocycles. The molecule has 0 aromatic heterocycles. The third-order valence-electron chi connectivity index (χ3n) is 1.71. The van der Waals surface area contributed by atoms with Crippen LogP contribution >= 0.6 is 23.2 Å². The van der Waals surface area contributed by atoms with Crippen molar-refractivity contribution in [3.05, 3.63) is 37.9 Å². The molecule has 0 saturated heterocycles. The first-order valence-corrected chi connectivity index (χ1v) is 4.44. The van der Waals surface area contributed by atoms with Crippen LogP contribution in [0, 0.1) is 10.1 Å². The first-order chi connectivity index (χ1) is 6.07. The Hall–Kier alpha value is -0.800. The summed E-state index contributed by atoms with van der Waals surface area (Å²) in [6.45, 7) is 1.80. The van der Waals surface area contributed by atoms with Gasteiger partial charge in [0.25, 0.3) is 5.69 Å². The van der Waals surface area contributed by atoms with Crippen molar-refractivity contribution >= 4 is 28.9 Å². The molecule has 0 aliphatic heterocycles. The predicted molar refractivity (Wildman–Crippen MR) is 52.5 cm³/mol. The molecule has 0 bridgehead atoms. The number of rotatable bonds is 2. The smallest absolute Gasteiger partial charge is 0.258 e. The van der Waals surface area contributed by atoms with Gasteiger partial charge in [0.1, 0.15) is 5.02 Å². The van der Waals surface area contributed by atoms with Crippen LogP contribution in [0.25, 0.3) is 0 Å². The monoisotopic (exact) mass is 219 g/mol. The van der Waals surface area contributed by atoms with Crippen molar-refractivity contribution in [3.63, 3.8) is 0 Å². The molecule has 0 aliphatic carbocycles. The second-order valence-corrected chi connectivity index (χ2v) is 3.28. The van der Waals surface area contributed by atoms with E-state index in [1.165, 1.54) is 6.07 Å². The fourth-order valence-electron chi connectivity index (χ4n) is 1.12. The number of nitrogens with zero attached hydrogens (tertiary/aromatic N) is 1. The molecule has 5 heteroatoms. The van der Waals surface area contributed by atoms with Crippen LogP contribution in [0.3, 0.4) is 0 Å². The first kappa shape index (κ1) is 10.3. The van der Waals surface area contributed by atoms with Crippen molar-refractivity contribution < 1.29 is 4.92 Å². The van der Waals surface area contributed by atoms with Crippen LogP contribution in [0.1, 0.15) is 12.5 Å². The van der Waals surface area contributed by atoms with Crippen molar-refractivity contribution in [3.8, 4) is 0 Å². The van der Waals surface area contributed by atoms with E-state index in [4.69, 9.17) is 23.2 Å². The summed E-state index contributed by atoms with van der Waals surface area (Å²) >= 11 is 11.5. The molecule has 1 aromatic rings. The van der Waals surface area contributed by atoms with Gasteiger partial charge in [-0.15, -0.1) is 0 Å². The van der Waals surface area contributed by atoms with Crippen LogP contribution in [0.5, 0.6) is 0 Å². The Labute approximate surface area is 85.4 Å². The van der Waals surface area contributed by atoms with Gasteiger partial charge in [0, 0.05) is 5.56 Å². The Morgan fingerprint density at radius 1 is 1.38 bits per heavy atom.